The van der Waals surface area contributed by atoms with E-state index in [1.54, 1.807) is 55.9 Å². The lowest BCUT2D eigenvalue weighted by atomic mass is 9.96. The van der Waals surface area contributed by atoms with E-state index < -0.39 is 17.7 Å². The van der Waals surface area contributed by atoms with Crippen LogP contribution in [0.15, 0.2) is 78.6 Å². The van der Waals surface area contributed by atoms with Crippen LogP contribution in [0.1, 0.15) is 29.7 Å². The molecule has 2 heterocycles. The van der Waals surface area contributed by atoms with E-state index in [1.165, 1.54) is 4.90 Å². The molecule has 2 aromatic carbocycles. The van der Waals surface area contributed by atoms with Crippen molar-refractivity contribution in [2.75, 3.05) is 13.7 Å². The quantitative estimate of drug-likeness (QED) is 0.335. The molecule has 7 nitrogen and oxygen atoms in total. The van der Waals surface area contributed by atoms with Crippen LogP contribution >= 0.6 is 0 Å². The summed E-state index contributed by atoms with van der Waals surface area (Å²) in [4.78, 5) is 31.9. The van der Waals surface area contributed by atoms with Crippen molar-refractivity contribution in [3.8, 4) is 11.5 Å². The van der Waals surface area contributed by atoms with Crippen molar-refractivity contribution in [3.63, 3.8) is 0 Å². The summed E-state index contributed by atoms with van der Waals surface area (Å²) < 4.78 is 10.8. The number of aliphatic hydroxyl groups is 1. The van der Waals surface area contributed by atoms with Crippen molar-refractivity contribution in [1.29, 1.82) is 0 Å². The molecule has 4 rings (SSSR count). The number of carbonyl (C=O) groups is 2. The molecule has 1 aliphatic rings. The van der Waals surface area contributed by atoms with E-state index in [-0.39, 0.29) is 17.9 Å². The molecule has 1 aromatic heterocycles. The summed E-state index contributed by atoms with van der Waals surface area (Å²) in [6.45, 7) is 2.49. The highest BCUT2D eigenvalue weighted by Gasteiger charge is 2.46. The molecule has 0 aliphatic carbocycles. The molecule has 3 aromatic rings. The number of methoxy groups -OCH3 is 1. The first-order valence-corrected chi connectivity index (χ1v) is 10.6. The third-order valence-corrected chi connectivity index (χ3v) is 5.45. The number of carbonyl (C=O) groups excluding carboxylic acids is 2. The third-order valence-electron chi connectivity index (χ3n) is 5.45. The number of aromatic nitrogens is 1. The lowest BCUT2D eigenvalue weighted by Gasteiger charge is -2.25. The minimum atomic E-state index is -0.791. The lowest BCUT2D eigenvalue weighted by molar-refractivity contribution is -0.140. The van der Waals surface area contributed by atoms with Crippen LogP contribution in [0, 0.1) is 0 Å². The van der Waals surface area contributed by atoms with Gasteiger partial charge in [0.25, 0.3) is 11.7 Å². The predicted molar refractivity (Wildman–Crippen MR) is 123 cm³/mol. The molecule has 1 N–H and O–H groups in total. The van der Waals surface area contributed by atoms with Crippen molar-refractivity contribution >= 4 is 17.4 Å². The van der Waals surface area contributed by atoms with Gasteiger partial charge in [0, 0.05) is 24.5 Å². The first-order chi connectivity index (χ1) is 16.0. The number of benzene rings is 2. The molecule has 1 aliphatic heterocycles. The summed E-state index contributed by atoms with van der Waals surface area (Å²) in [5.74, 6) is -0.475. The number of ketones is 1. The van der Waals surface area contributed by atoms with Crippen molar-refractivity contribution in [2.24, 2.45) is 0 Å². The number of pyridine rings is 1. The number of hydrogen-bond donors (Lipinski definition) is 1. The van der Waals surface area contributed by atoms with Crippen LogP contribution in [0.25, 0.3) is 5.76 Å². The molecule has 1 atom stereocenters. The summed E-state index contributed by atoms with van der Waals surface area (Å²) in [5.41, 5.74) is 1.84. The van der Waals surface area contributed by atoms with Crippen LogP contribution in [0.4, 0.5) is 0 Å². The first-order valence-electron chi connectivity index (χ1n) is 10.6. The maximum Gasteiger partial charge on any atom is 0.295 e. The van der Waals surface area contributed by atoms with Crippen molar-refractivity contribution in [1.82, 2.24) is 9.88 Å². The van der Waals surface area contributed by atoms with E-state index in [9.17, 15) is 14.7 Å². The summed E-state index contributed by atoms with van der Waals surface area (Å²) >= 11 is 0. The SMILES string of the molecule is CCOc1cccc(/C(O)=C2/C(=O)C(=O)N(Cc3cccc(OC)c3)C2c2cccnc2)c1. The van der Waals surface area contributed by atoms with Crippen LogP contribution in [-0.4, -0.2) is 40.4 Å². The molecule has 0 radical (unpaired) electrons. The summed E-state index contributed by atoms with van der Waals surface area (Å²) in [5, 5.41) is 11.2. The molecule has 168 valence electrons. The standard InChI is InChI=1S/C26H24N2O5/c1-3-33-21-11-5-8-18(14-21)24(29)22-23(19-9-6-12-27-15-19)28(26(31)25(22)30)16-17-7-4-10-20(13-17)32-2/h4-15,23,29H,3,16H2,1-2H3/b24-22-. The van der Waals surface area contributed by atoms with Gasteiger partial charge in [0.15, 0.2) is 0 Å². The second-order valence-corrected chi connectivity index (χ2v) is 7.53. The number of hydrogen-bond acceptors (Lipinski definition) is 6. The maximum atomic E-state index is 13.2. The minimum absolute atomic E-state index is 0.0181. The van der Waals surface area contributed by atoms with Gasteiger partial charge in [-0.2, -0.15) is 0 Å². The number of rotatable bonds is 7. The molecule has 0 bridgehead atoms. The van der Waals surface area contributed by atoms with Gasteiger partial charge in [-0.15, -0.1) is 0 Å². The molecule has 7 heteroatoms. The number of Topliss-reactive ketones (excluding diaryl/α,β-unsaturated/α-hetero) is 1. The maximum absolute atomic E-state index is 13.2. The highest BCUT2D eigenvalue weighted by molar-refractivity contribution is 6.46. The average molecular weight is 444 g/mol. The smallest absolute Gasteiger partial charge is 0.295 e. The van der Waals surface area contributed by atoms with Crippen LogP contribution in [-0.2, 0) is 16.1 Å². The van der Waals surface area contributed by atoms with Gasteiger partial charge in [-0.3, -0.25) is 14.6 Å². The first kappa shape index (κ1) is 22.1. The van der Waals surface area contributed by atoms with Gasteiger partial charge in [-0.1, -0.05) is 30.3 Å². The van der Waals surface area contributed by atoms with Crippen LogP contribution in [0.2, 0.25) is 0 Å². The topological polar surface area (TPSA) is 89.0 Å². The molecule has 1 unspecified atom stereocenters. The number of ether oxygens (including phenoxy) is 2. The third kappa shape index (κ3) is 4.43. The fourth-order valence-corrected chi connectivity index (χ4v) is 3.95. The fourth-order valence-electron chi connectivity index (χ4n) is 3.95. The van der Waals surface area contributed by atoms with E-state index in [1.807, 2.05) is 31.2 Å². The minimum Gasteiger partial charge on any atom is -0.507 e. The number of amides is 1. The number of likely N-dealkylation sites (tertiary alicyclic amines) is 1. The molecular formula is C26H24N2O5. The Balaban J connectivity index is 1.82. The van der Waals surface area contributed by atoms with Crippen LogP contribution in [0.3, 0.4) is 0 Å². The van der Waals surface area contributed by atoms with Crippen LogP contribution in [0.5, 0.6) is 11.5 Å². The largest absolute Gasteiger partial charge is 0.507 e. The average Bonchev–Trinajstić information content (AvgIpc) is 3.09. The van der Waals surface area contributed by atoms with Gasteiger partial charge in [-0.25, -0.2) is 0 Å². The predicted octanol–water partition coefficient (Wildman–Crippen LogP) is 4.11. The molecule has 1 amide bonds. The Kier molecular flexibility index (Phi) is 6.40. The van der Waals surface area contributed by atoms with E-state index >= 15 is 0 Å². The molecule has 1 saturated heterocycles. The Hall–Kier alpha value is -4.13. The van der Waals surface area contributed by atoms with Gasteiger partial charge >= 0.3 is 0 Å². The zero-order valence-electron chi connectivity index (χ0n) is 18.4. The Bertz CT molecular complexity index is 1210. The molecule has 0 spiro atoms. The van der Waals surface area contributed by atoms with E-state index in [0.717, 1.165) is 5.56 Å². The van der Waals surface area contributed by atoms with Crippen molar-refractivity contribution in [2.45, 2.75) is 19.5 Å². The summed E-state index contributed by atoms with van der Waals surface area (Å²) in [6.07, 6.45) is 3.21. The van der Waals surface area contributed by atoms with Gasteiger partial charge < -0.3 is 19.5 Å². The van der Waals surface area contributed by atoms with E-state index in [0.29, 0.717) is 29.2 Å². The van der Waals surface area contributed by atoms with E-state index in [4.69, 9.17) is 9.47 Å². The van der Waals surface area contributed by atoms with Gasteiger partial charge in [0.05, 0.1) is 25.3 Å². The Labute approximate surface area is 191 Å². The molecule has 1 fully saturated rings. The highest BCUT2D eigenvalue weighted by Crippen LogP contribution is 2.40. The molecular weight excluding hydrogens is 420 g/mol. The van der Waals surface area contributed by atoms with Crippen molar-refractivity contribution < 1.29 is 24.2 Å². The fraction of sp³-hybridized carbons (Fsp3) is 0.192. The normalized spacial score (nSPS) is 17.3. The molecule has 33 heavy (non-hydrogen) atoms. The highest BCUT2D eigenvalue weighted by atomic mass is 16.5. The van der Waals surface area contributed by atoms with Crippen LogP contribution < -0.4 is 9.47 Å². The summed E-state index contributed by atoms with van der Waals surface area (Å²) in [6, 6.07) is 16.8. The number of aliphatic hydroxyl groups excluding tert-OH is 1. The van der Waals surface area contributed by atoms with Gasteiger partial charge in [0.2, 0.25) is 0 Å². The van der Waals surface area contributed by atoms with E-state index in [2.05, 4.69) is 4.98 Å². The van der Waals surface area contributed by atoms with Gasteiger partial charge in [0.1, 0.15) is 17.3 Å². The Morgan fingerprint density at radius 3 is 2.58 bits per heavy atom. The number of nitrogens with zero attached hydrogens (tertiary/aromatic N) is 2. The zero-order chi connectivity index (χ0) is 23.4. The van der Waals surface area contributed by atoms with Crippen molar-refractivity contribution in [3.05, 3.63) is 95.3 Å². The Morgan fingerprint density at radius 1 is 1.06 bits per heavy atom. The lowest BCUT2D eigenvalue weighted by Crippen LogP contribution is -2.29. The molecule has 0 saturated carbocycles. The zero-order valence-corrected chi connectivity index (χ0v) is 18.4. The van der Waals surface area contributed by atoms with Gasteiger partial charge in [-0.05, 0) is 48.4 Å². The second-order valence-electron chi connectivity index (χ2n) is 7.53. The Morgan fingerprint density at radius 2 is 1.85 bits per heavy atom. The monoisotopic (exact) mass is 444 g/mol. The summed E-state index contributed by atoms with van der Waals surface area (Å²) in [7, 11) is 1.57. The second kappa shape index (κ2) is 9.56.